The minimum atomic E-state index is -1.09. The van der Waals surface area contributed by atoms with Crippen molar-refractivity contribution in [3.8, 4) is 0 Å². The van der Waals surface area contributed by atoms with Crippen molar-refractivity contribution in [1.29, 1.82) is 0 Å². The van der Waals surface area contributed by atoms with Crippen LogP contribution in [0.2, 0.25) is 0 Å². The third-order valence-electron chi connectivity index (χ3n) is 11.4. The number of carbonyl (C=O) groups is 5. The van der Waals surface area contributed by atoms with E-state index in [9.17, 15) is 29.1 Å². The quantitative estimate of drug-likeness (QED) is 0.544. The second-order valence-corrected chi connectivity index (χ2v) is 13.8. The minimum Gasteiger partial charge on any atom is -0.481 e. The number of carboxylic acid groups (broad SMARTS) is 1. The van der Waals surface area contributed by atoms with Gasteiger partial charge in [0.1, 0.15) is 17.3 Å². The monoisotopic (exact) mass is 514 g/mol. The van der Waals surface area contributed by atoms with Crippen molar-refractivity contribution in [3.05, 3.63) is 11.6 Å². The van der Waals surface area contributed by atoms with Crippen LogP contribution in [-0.4, -0.2) is 45.4 Å². The normalized spacial score (nSPS) is 42.3. The SMILES string of the molecule is CC(CC(=O)C[C@@H](C)C1=CC(=O)[C@@]2(C)[C@@H]3C(=O)C[C@H]4C(C)(C)[C@@H](O)CC[C@]4(C)[C@H]3C(=O)C[C@]12C)C(=O)O. The van der Waals surface area contributed by atoms with Crippen LogP contribution in [0.1, 0.15) is 87.0 Å². The predicted molar refractivity (Wildman–Crippen MR) is 136 cm³/mol. The Balaban J connectivity index is 1.70. The number of aliphatic carboxylic acids is 1. The molecule has 37 heavy (non-hydrogen) atoms. The fourth-order valence-electron chi connectivity index (χ4n) is 8.96. The van der Waals surface area contributed by atoms with Crippen molar-refractivity contribution < 1.29 is 34.2 Å². The highest BCUT2D eigenvalue weighted by atomic mass is 16.4. The summed E-state index contributed by atoms with van der Waals surface area (Å²) in [5, 5.41) is 19.9. The molecule has 0 heterocycles. The number of carboxylic acids is 1. The molecule has 0 aromatic rings. The number of Topliss-reactive ketones (excluding diaryl/α,β-unsaturated/α-hetero) is 3. The van der Waals surface area contributed by atoms with Gasteiger partial charge in [-0.25, -0.2) is 0 Å². The average Bonchev–Trinajstić information content (AvgIpc) is 2.99. The van der Waals surface area contributed by atoms with Crippen molar-refractivity contribution in [2.24, 2.45) is 51.2 Å². The van der Waals surface area contributed by atoms with Crippen LogP contribution in [-0.2, 0) is 24.0 Å². The molecule has 204 valence electrons. The lowest BCUT2D eigenvalue weighted by atomic mass is 9.37. The van der Waals surface area contributed by atoms with E-state index >= 15 is 0 Å². The van der Waals surface area contributed by atoms with E-state index in [4.69, 9.17) is 5.11 Å². The topological polar surface area (TPSA) is 126 Å². The first-order valence-corrected chi connectivity index (χ1v) is 13.7. The van der Waals surface area contributed by atoms with E-state index in [0.717, 1.165) is 5.57 Å². The molecule has 3 saturated carbocycles. The summed E-state index contributed by atoms with van der Waals surface area (Å²) in [6, 6.07) is 0. The van der Waals surface area contributed by atoms with Crippen LogP contribution in [0.5, 0.6) is 0 Å². The number of carbonyl (C=O) groups excluding carboxylic acids is 4. The largest absolute Gasteiger partial charge is 0.481 e. The van der Waals surface area contributed by atoms with Gasteiger partial charge in [-0.1, -0.05) is 54.0 Å². The van der Waals surface area contributed by atoms with Gasteiger partial charge in [0.05, 0.1) is 17.4 Å². The maximum Gasteiger partial charge on any atom is 0.306 e. The van der Waals surface area contributed by atoms with Crippen molar-refractivity contribution in [2.75, 3.05) is 0 Å². The summed E-state index contributed by atoms with van der Waals surface area (Å²) in [5.41, 5.74) is -2.25. The van der Waals surface area contributed by atoms with Gasteiger partial charge in [0, 0.05) is 42.9 Å². The molecule has 0 aromatic carbocycles. The lowest BCUT2D eigenvalue weighted by Gasteiger charge is -2.64. The zero-order chi connectivity index (χ0) is 27.9. The maximum atomic E-state index is 14.0. The number of hydrogen-bond acceptors (Lipinski definition) is 6. The molecule has 4 rings (SSSR count). The van der Waals surface area contributed by atoms with Gasteiger partial charge >= 0.3 is 5.97 Å². The smallest absolute Gasteiger partial charge is 0.306 e. The Labute approximate surface area is 219 Å². The van der Waals surface area contributed by atoms with Crippen LogP contribution in [0.15, 0.2) is 11.6 Å². The third kappa shape index (κ3) is 3.74. The Hall–Kier alpha value is -2.15. The molecule has 0 aliphatic heterocycles. The molecule has 0 amide bonds. The zero-order valence-electron chi connectivity index (χ0n) is 23.2. The van der Waals surface area contributed by atoms with Gasteiger partial charge in [0.2, 0.25) is 0 Å². The number of fused-ring (bicyclic) bond motifs is 5. The fraction of sp³-hybridized carbons (Fsp3) is 0.767. The predicted octanol–water partition coefficient (Wildman–Crippen LogP) is 4.20. The fourth-order valence-corrected chi connectivity index (χ4v) is 8.96. The van der Waals surface area contributed by atoms with E-state index < -0.39 is 51.5 Å². The first-order valence-electron chi connectivity index (χ1n) is 13.7. The van der Waals surface area contributed by atoms with Gasteiger partial charge < -0.3 is 10.2 Å². The third-order valence-corrected chi connectivity index (χ3v) is 11.4. The van der Waals surface area contributed by atoms with Crippen molar-refractivity contribution in [2.45, 2.75) is 93.1 Å². The van der Waals surface area contributed by atoms with E-state index in [2.05, 4.69) is 6.92 Å². The number of allylic oxidation sites excluding steroid dienone is 2. The molecule has 9 atom stereocenters. The van der Waals surface area contributed by atoms with E-state index in [0.29, 0.717) is 12.8 Å². The standard InChI is InChI=1S/C30H42O7/c1-15(10-17(31)11-16(2)26(36)37)18-12-23(35)30(7)25-19(32)13-21-27(3,4)22(34)8-9-28(21,5)24(25)20(33)14-29(18,30)6/h12,15-16,21-22,24-25,34H,8-11,13-14H2,1-7H3,(H,36,37)/t15-,16?,21+,22+,24+,25-,28+,29-,30+/m1/s1. The maximum absolute atomic E-state index is 14.0. The first-order chi connectivity index (χ1) is 16.9. The van der Waals surface area contributed by atoms with Gasteiger partial charge in [-0.3, -0.25) is 24.0 Å². The summed E-state index contributed by atoms with van der Waals surface area (Å²) in [4.78, 5) is 65.6. The number of aliphatic hydroxyl groups is 1. The van der Waals surface area contributed by atoms with Gasteiger partial charge in [0.25, 0.3) is 0 Å². The molecule has 3 fully saturated rings. The molecule has 4 aliphatic rings. The number of aliphatic hydroxyl groups excluding tert-OH is 1. The molecule has 0 radical (unpaired) electrons. The Morgan fingerprint density at radius 1 is 1.00 bits per heavy atom. The summed E-state index contributed by atoms with van der Waals surface area (Å²) in [7, 11) is 0. The van der Waals surface area contributed by atoms with Crippen LogP contribution in [0.25, 0.3) is 0 Å². The highest BCUT2D eigenvalue weighted by Gasteiger charge is 2.73. The van der Waals surface area contributed by atoms with Crippen LogP contribution in [0.3, 0.4) is 0 Å². The molecule has 2 N–H and O–H groups in total. The van der Waals surface area contributed by atoms with Gasteiger partial charge in [-0.05, 0) is 41.6 Å². The second kappa shape index (κ2) is 8.69. The van der Waals surface area contributed by atoms with Crippen LogP contribution in [0, 0.1) is 51.2 Å². The number of ketones is 4. The molecule has 7 heteroatoms. The molecule has 7 nitrogen and oxygen atoms in total. The van der Waals surface area contributed by atoms with Crippen molar-refractivity contribution in [3.63, 3.8) is 0 Å². The molecule has 4 aliphatic carbocycles. The Bertz CT molecular complexity index is 1100. The first kappa shape index (κ1) is 27.9. The Morgan fingerprint density at radius 2 is 1.62 bits per heavy atom. The summed E-state index contributed by atoms with van der Waals surface area (Å²) in [6.07, 6.45) is 2.60. The second-order valence-electron chi connectivity index (χ2n) is 13.8. The molecule has 1 unspecified atom stereocenters. The van der Waals surface area contributed by atoms with Crippen LogP contribution < -0.4 is 0 Å². The average molecular weight is 515 g/mol. The number of rotatable bonds is 6. The lowest BCUT2D eigenvalue weighted by molar-refractivity contribution is -0.196. The van der Waals surface area contributed by atoms with E-state index in [1.807, 2.05) is 34.6 Å². The molecular weight excluding hydrogens is 472 g/mol. The lowest BCUT2D eigenvalue weighted by Crippen LogP contribution is -2.67. The van der Waals surface area contributed by atoms with E-state index in [1.54, 1.807) is 6.08 Å². The van der Waals surface area contributed by atoms with E-state index in [1.165, 1.54) is 6.92 Å². The zero-order valence-corrected chi connectivity index (χ0v) is 23.2. The van der Waals surface area contributed by atoms with Gasteiger partial charge in [-0.15, -0.1) is 0 Å². The molecule has 0 saturated heterocycles. The van der Waals surface area contributed by atoms with Crippen LogP contribution in [0.4, 0.5) is 0 Å². The van der Waals surface area contributed by atoms with Crippen LogP contribution >= 0.6 is 0 Å². The summed E-state index contributed by atoms with van der Waals surface area (Å²) >= 11 is 0. The Kier molecular flexibility index (Phi) is 6.54. The molecule has 0 bridgehead atoms. The highest BCUT2D eigenvalue weighted by molar-refractivity contribution is 6.08. The number of hydrogen-bond donors (Lipinski definition) is 2. The molecular formula is C30H42O7. The summed E-state index contributed by atoms with van der Waals surface area (Å²) in [6.45, 7) is 13.1. The van der Waals surface area contributed by atoms with Gasteiger partial charge in [-0.2, -0.15) is 0 Å². The van der Waals surface area contributed by atoms with Gasteiger partial charge in [0.15, 0.2) is 5.78 Å². The molecule has 0 spiro atoms. The molecule has 0 aromatic heterocycles. The van der Waals surface area contributed by atoms with Crippen molar-refractivity contribution >= 4 is 29.1 Å². The highest BCUT2D eigenvalue weighted by Crippen LogP contribution is 2.71. The van der Waals surface area contributed by atoms with E-state index in [-0.39, 0.29) is 60.7 Å². The Morgan fingerprint density at radius 3 is 2.22 bits per heavy atom. The minimum absolute atomic E-state index is 0.00339. The summed E-state index contributed by atoms with van der Waals surface area (Å²) < 4.78 is 0. The summed E-state index contributed by atoms with van der Waals surface area (Å²) in [5.74, 6) is -4.04. The van der Waals surface area contributed by atoms with Crippen molar-refractivity contribution in [1.82, 2.24) is 0 Å².